The van der Waals surface area contributed by atoms with Crippen LogP contribution in [0.5, 0.6) is 5.75 Å². The highest BCUT2D eigenvalue weighted by atomic mass is 16.3. The number of hydrogen-bond donors (Lipinski definition) is 1. The van der Waals surface area contributed by atoms with Crippen LogP contribution in [0.4, 0.5) is 5.69 Å². The molecule has 0 aliphatic carbocycles. The summed E-state index contributed by atoms with van der Waals surface area (Å²) in [6.07, 6.45) is 0. The first kappa shape index (κ1) is 16.9. The number of aromatic hydroxyl groups is 1. The van der Waals surface area contributed by atoms with E-state index in [1.807, 2.05) is 24.3 Å². The number of piperazine rings is 1. The molecule has 26 heavy (non-hydrogen) atoms. The summed E-state index contributed by atoms with van der Waals surface area (Å²) in [5, 5.41) is 12.7. The van der Waals surface area contributed by atoms with Crippen molar-refractivity contribution in [3.63, 3.8) is 0 Å². The van der Waals surface area contributed by atoms with Crippen LogP contribution < -0.4 is 4.90 Å². The Balaban J connectivity index is 1.50. The lowest BCUT2D eigenvalue weighted by Gasteiger charge is -2.37. The first-order chi connectivity index (χ1) is 12.6. The zero-order chi connectivity index (χ0) is 18.1. The lowest BCUT2D eigenvalue weighted by atomic mass is 10.0. The molecule has 1 heterocycles. The largest absolute Gasteiger partial charge is 0.508 e. The first-order valence-corrected chi connectivity index (χ1v) is 9.36. The summed E-state index contributed by atoms with van der Waals surface area (Å²) in [5.41, 5.74) is 5.06. The molecule has 0 saturated carbocycles. The van der Waals surface area contributed by atoms with Crippen LogP contribution in [0.25, 0.3) is 10.8 Å². The average molecular weight is 346 g/mol. The maximum Gasteiger partial charge on any atom is 0.120 e. The lowest BCUT2D eigenvalue weighted by Crippen LogP contribution is -2.46. The zero-order valence-electron chi connectivity index (χ0n) is 15.6. The van der Waals surface area contributed by atoms with Gasteiger partial charge in [-0.2, -0.15) is 0 Å². The highest BCUT2D eigenvalue weighted by Crippen LogP contribution is 2.29. The third-order valence-electron chi connectivity index (χ3n) is 5.48. The minimum Gasteiger partial charge on any atom is -0.508 e. The minimum atomic E-state index is 0.403. The van der Waals surface area contributed by atoms with Crippen LogP contribution in [0, 0.1) is 13.8 Å². The zero-order valence-corrected chi connectivity index (χ0v) is 15.6. The molecule has 3 heteroatoms. The molecule has 1 fully saturated rings. The van der Waals surface area contributed by atoms with Crippen molar-refractivity contribution in [1.82, 2.24) is 4.90 Å². The van der Waals surface area contributed by atoms with Crippen LogP contribution in [0.3, 0.4) is 0 Å². The van der Waals surface area contributed by atoms with Gasteiger partial charge in [0.1, 0.15) is 5.75 Å². The van der Waals surface area contributed by atoms with Crippen molar-refractivity contribution < 1.29 is 5.11 Å². The fraction of sp³-hybridized carbons (Fsp3) is 0.304. The van der Waals surface area contributed by atoms with Crippen molar-refractivity contribution in [2.75, 3.05) is 31.1 Å². The van der Waals surface area contributed by atoms with Crippen molar-refractivity contribution in [2.24, 2.45) is 0 Å². The van der Waals surface area contributed by atoms with Crippen LogP contribution in [-0.2, 0) is 6.54 Å². The molecule has 0 radical (unpaired) electrons. The summed E-state index contributed by atoms with van der Waals surface area (Å²) < 4.78 is 0. The number of benzene rings is 3. The summed E-state index contributed by atoms with van der Waals surface area (Å²) in [7, 11) is 0. The smallest absolute Gasteiger partial charge is 0.120 e. The van der Waals surface area contributed by atoms with E-state index in [1.54, 1.807) is 0 Å². The fourth-order valence-corrected chi connectivity index (χ4v) is 3.92. The molecule has 4 rings (SSSR count). The standard InChI is InChI=1S/C23H26N2O/c1-17-7-8-18(2)22(15-17)25-13-11-24(12-14-25)16-21-20-6-4-3-5-19(20)9-10-23(21)26/h3-10,15,26H,11-14,16H2,1-2H3. The van der Waals surface area contributed by atoms with Gasteiger partial charge in [0.05, 0.1) is 0 Å². The van der Waals surface area contributed by atoms with Gasteiger partial charge in [0.2, 0.25) is 0 Å². The van der Waals surface area contributed by atoms with Gasteiger partial charge in [0.25, 0.3) is 0 Å². The SMILES string of the molecule is Cc1ccc(C)c(N2CCN(Cc3c(O)ccc4ccccc34)CC2)c1. The number of phenolic OH excluding ortho intramolecular Hbond substituents is 1. The van der Waals surface area contributed by atoms with Gasteiger partial charge in [-0.1, -0.05) is 42.5 Å². The third-order valence-corrected chi connectivity index (χ3v) is 5.48. The van der Waals surface area contributed by atoms with Gasteiger partial charge in [-0.25, -0.2) is 0 Å². The average Bonchev–Trinajstić information content (AvgIpc) is 2.67. The van der Waals surface area contributed by atoms with E-state index >= 15 is 0 Å². The Morgan fingerprint density at radius 3 is 2.46 bits per heavy atom. The number of fused-ring (bicyclic) bond motifs is 1. The Labute approximate surface area is 155 Å². The number of aryl methyl sites for hydroxylation is 2. The molecule has 3 nitrogen and oxygen atoms in total. The molecule has 3 aromatic rings. The fourth-order valence-electron chi connectivity index (χ4n) is 3.92. The molecule has 1 aliphatic rings. The molecule has 1 aliphatic heterocycles. The first-order valence-electron chi connectivity index (χ1n) is 9.36. The van der Waals surface area contributed by atoms with E-state index in [-0.39, 0.29) is 0 Å². The Morgan fingerprint density at radius 1 is 0.885 bits per heavy atom. The second kappa shape index (κ2) is 7.00. The quantitative estimate of drug-likeness (QED) is 0.757. The number of anilines is 1. The molecule has 0 bridgehead atoms. The van der Waals surface area contributed by atoms with Crippen molar-refractivity contribution in [3.8, 4) is 5.75 Å². The summed E-state index contributed by atoms with van der Waals surface area (Å²) in [5.74, 6) is 0.403. The molecular formula is C23H26N2O. The molecule has 134 valence electrons. The predicted molar refractivity (Wildman–Crippen MR) is 109 cm³/mol. The number of phenols is 1. The van der Waals surface area contributed by atoms with Crippen LogP contribution >= 0.6 is 0 Å². The van der Waals surface area contributed by atoms with Crippen LogP contribution in [-0.4, -0.2) is 36.2 Å². The predicted octanol–water partition coefficient (Wildman–Crippen LogP) is 4.48. The molecule has 3 aromatic carbocycles. The van der Waals surface area contributed by atoms with Gasteiger partial charge in [-0.05, 0) is 47.9 Å². The van der Waals surface area contributed by atoms with Crippen LogP contribution in [0.2, 0.25) is 0 Å². The number of hydrogen-bond acceptors (Lipinski definition) is 3. The number of rotatable bonds is 3. The van der Waals surface area contributed by atoms with E-state index in [0.29, 0.717) is 5.75 Å². The molecular weight excluding hydrogens is 320 g/mol. The molecule has 0 aromatic heterocycles. The highest BCUT2D eigenvalue weighted by molar-refractivity contribution is 5.87. The van der Waals surface area contributed by atoms with Crippen molar-refractivity contribution in [1.29, 1.82) is 0 Å². The Morgan fingerprint density at radius 2 is 1.65 bits per heavy atom. The summed E-state index contributed by atoms with van der Waals surface area (Å²) in [6.45, 7) is 9.21. The molecule has 0 amide bonds. The summed E-state index contributed by atoms with van der Waals surface area (Å²) in [6, 6.07) is 18.8. The van der Waals surface area contributed by atoms with Crippen LogP contribution in [0.15, 0.2) is 54.6 Å². The second-order valence-electron chi connectivity index (χ2n) is 7.34. The molecule has 0 atom stereocenters. The van der Waals surface area contributed by atoms with E-state index in [4.69, 9.17) is 0 Å². The van der Waals surface area contributed by atoms with Gasteiger partial charge >= 0.3 is 0 Å². The van der Waals surface area contributed by atoms with Gasteiger partial charge in [-0.3, -0.25) is 4.90 Å². The minimum absolute atomic E-state index is 0.403. The van der Waals surface area contributed by atoms with E-state index in [0.717, 1.165) is 43.7 Å². The lowest BCUT2D eigenvalue weighted by molar-refractivity contribution is 0.247. The van der Waals surface area contributed by atoms with E-state index in [9.17, 15) is 5.11 Å². The van der Waals surface area contributed by atoms with Crippen LogP contribution in [0.1, 0.15) is 16.7 Å². The molecule has 1 N–H and O–H groups in total. The third kappa shape index (κ3) is 3.27. The highest BCUT2D eigenvalue weighted by Gasteiger charge is 2.20. The summed E-state index contributed by atoms with van der Waals surface area (Å²) in [4.78, 5) is 4.94. The Bertz CT molecular complexity index is 927. The second-order valence-corrected chi connectivity index (χ2v) is 7.34. The van der Waals surface area contributed by atoms with Crippen molar-refractivity contribution >= 4 is 16.5 Å². The van der Waals surface area contributed by atoms with E-state index < -0.39 is 0 Å². The van der Waals surface area contributed by atoms with E-state index in [1.165, 1.54) is 22.2 Å². The van der Waals surface area contributed by atoms with E-state index in [2.05, 4.69) is 54.0 Å². The molecule has 0 unspecified atom stereocenters. The Hall–Kier alpha value is -2.52. The topological polar surface area (TPSA) is 26.7 Å². The van der Waals surface area contributed by atoms with Crippen molar-refractivity contribution in [2.45, 2.75) is 20.4 Å². The molecule has 1 saturated heterocycles. The van der Waals surface area contributed by atoms with Gasteiger partial charge in [0, 0.05) is 44.0 Å². The maximum absolute atomic E-state index is 10.4. The van der Waals surface area contributed by atoms with Crippen molar-refractivity contribution in [3.05, 3.63) is 71.3 Å². The summed E-state index contributed by atoms with van der Waals surface area (Å²) >= 11 is 0. The number of nitrogens with zero attached hydrogens (tertiary/aromatic N) is 2. The normalized spacial score (nSPS) is 15.5. The maximum atomic E-state index is 10.4. The van der Waals surface area contributed by atoms with Gasteiger partial charge < -0.3 is 10.0 Å². The molecule has 0 spiro atoms. The van der Waals surface area contributed by atoms with Gasteiger partial charge in [-0.15, -0.1) is 0 Å². The monoisotopic (exact) mass is 346 g/mol. The van der Waals surface area contributed by atoms with Gasteiger partial charge in [0.15, 0.2) is 0 Å². The Kier molecular flexibility index (Phi) is 4.56.